The summed E-state index contributed by atoms with van der Waals surface area (Å²) >= 11 is 0. The number of carbonyl (C=O) groups is 1. The molecule has 70 valence electrons. The molecule has 1 amide bonds. The molecule has 0 aromatic carbocycles. The molecular weight excluding hydrogens is 150 g/mol. The van der Waals surface area contributed by atoms with Gasteiger partial charge in [0.2, 0.25) is 5.91 Å². The Kier molecular flexibility index (Phi) is 5.43. The number of hydrogen-bond donors (Lipinski definition) is 1. The highest BCUT2D eigenvalue weighted by Gasteiger charge is 2.12. The van der Waals surface area contributed by atoms with Crippen molar-refractivity contribution in [2.24, 2.45) is 5.92 Å². The van der Waals surface area contributed by atoms with Crippen LogP contribution >= 0.6 is 0 Å². The second-order valence-electron chi connectivity index (χ2n) is 2.97. The Labute approximate surface area is 75.0 Å². The summed E-state index contributed by atoms with van der Waals surface area (Å²) in [6.07, 6.45) is 3.74. The first-order valence-corrected chi connectivity index (χ1v) is 4.59. The summed E-state index contributed by atoms with van der Waals surface area (Å²) in [7, 11) is 0. The van der Waals surface area contributed by atoms with Gasteiger partial charge in [-0.2, -0.15) is 0 Å². The summed E-state index contributed by atoms with van der Waals surface area (Å²) < 4.78 is 0. The largest absolute Gasteiger partial charge is 0.330 e. The summed E-state index contributed by atoms with van der Waals surface area (Å²) in [5.41, 5.74) is 0.937. The number of nitrogens with one attached hydrogen (secondary N) is 1. The first-order valence-electron chi connectivity index (χ1n) is 4.59. The van der Waals surface area contributed by atoms with Crippen molar-refractivity contribution in [1.82, 2.24) is 5.32 Å². The Bertz CT molecular complexity index is 169. The fourth-order valence-corrected chi connectivity index (χ4v) is 1.03. The van der Waals surface area contributed by atoms with Crippen LogP contribution in [0.2, 0.25) is 0 Å². The van der Waals surface area contributed by atoms with Crippen LogP contribution in [0.4, 0.5) is 0 Å². The molecule has 0 saturated heterocycles. The van der Waals surface area contributed by atoms with Crippen molar-refractivity contribution < 1.29 is 4.79 Å². The lowest BCUT2D eigenvalue weighted by molar-refractivity contribution is -0.124. The summed E-state index contributed by atoms with van der Waals surface area (Å²) in [5.74, 6) is 0.315. The van der Waals surface area contributed by atoms with Crippen molar-refractivity contribution in [1.29, 1.82) is 0 Å². The summed E-state index contributed by atoms with van der Waals surface area (Å²) in [5, 5.41) is 2.85. The molecule has 0 heterocycles. The van der Waals surface area contributed by atoms with E-state index in [1.807, 2.05) is 33.8 Å². The molecule has 0 spiro atoms. The van der Waals surface area contributed by atoms with Crippen molar-refractivity contribution in [3.8, 4) is 0 Å². The van der Waals surface area contributed by atoms with E-state index in [9.17, 15) is 4.79 Å². The van der Waals surface area contributed by atoms with E-state index in [1.165, 1.54) is 0 Å². The van der Waals surface area contributed by atoms with Gasteiger partial charge in [-0.15, -0.1) is 0 Å². The lowest BCUT2D eigenvalue weighted by Gasteiger charge is -2.12. The van der Waals surface area contributed by atoms with Crippen molar-refractivity contribution >= 4 is 5.91 Å². The third kappa shape index (κ3) is 3.56. The van der Waals surface area contributed by atoms with Crippen molar-refractivity contribution in [2.45, 2.75) is 40.5 Å². The molecule has 0 aliphatic heterocycles. The Hall–Kier alpha value is -0.790. The van der Waals surface area contributed by atoms with E-state index in [0.29, 0.717) is 0 Å². The van der Waals surface area contributed by atoms with E-state index in [0.717, 1.165) is 18.5 Å². The van der Waals surface area contributed by atoms with Gasteiger partial charge in [0, 0.05) is 11.6 Å². The molecule has 0 atom stereocenters. The van der Waals surface area contributed by atoms with E-state index < -0.39 is 0 Å². The molecule has 2 heteroatoms. The first-order chi connectivity index (χ1) is 5.65. The highest BCUT2D eigenvalue weighted by atomic mass is 16.1. The van der Waals surface area contributed by atoms with Crippen LogP contribution in [0.5, 0.6) is 0 Å². The van der Waals surface area contributed by atoms with Gasteiger partial charge >= 0.3 is 0 Å². The molecular formula is C10H19NO. The lowest BCUT2D eigenvalue weighted by Crippen LogP contribution is -2.28. The van der Waals surface area contributed by atoms with Crippen LogP contribution in [0.15, 0.2) is 11.8 Å². The van der Waals surface area contributed by atoms with Gasteiger partial charge in [0.15, 0.2) is 0 Å². The molecule has 0 unspecified atom stereocenters. The summed E-state index contributed by atoms with van der Waals surface area (Å²) in [6, 6.07) is 0. The minimum absolute atomic E-state index is 0.149. The van der Waals surface area contributed by atoms with Gasteiger partial charge in [-0.25, -0.2) is 0 Å². The van der Waals surface area contributed by atoms with E-state index in [2.05, 4.69) is 5.32 Å². The molecule has 2 nitrogen and oxygen atoms in total. The third-order valence-corrected chi connectivity index (χ3v) is 2.11. The van der Waals surface area contributed by atoms with Gasteiger partial charge in [0.1, 0.15) is 0 Å². The molecule has 0 radical (unpaired) electrons. The average molecular weight is 169 g/mol. The van der Waals surface area contributed by atoms with Crippen molar-refractivity contribution in [2.75, 3.05) is 0 Å². The second-order valence-corrected chi connectivity index (χ2v) is 2.97. The molecule has 0 aromatic heterocycles. The van der Waals surface area contributed by atoms with Gasteiger partial charge in [0.05, 0.1) is 0 Å². The zero-order valence-corrected chi connectivity index (χ0v) is 8.48. The van der Waals surface area contributed by atoms with Gasteiger partial charge < -0.3 is 5.32 Å². The number of carbonyl (C=O) groups excluding carboxylic acids is 1. The van der Waals surface area contributed by atoms with Crippen LogP contribution in [-0.2, 0) is 4.79 Å². The van der Waals surface area contributed by atoms with Gasteiger partial charge in [0.25, 0.3) is 0 Å². The normalized spacial score (nSPS) is 11.9. The first kappa shape index (κ1) is 11.2. The van der Waals surface area contributed by atoms with E-state index in [-0.39, 0.29) is 11.8 Å². The zero-order chi connectivity index (χ0) is 9.56. The van der Waals surface area contributed by atoms with E-state index >= 15 is 0 Å². The van der Waals surface area contributed by atoms with Crippen LogP contribution in [0.3, 0.4) is 0 Å². The second kappa shape index (κ2) is 5.81. The fraction of sp³-hybridized carbons (Fsp3) is 0.700. The highest BCUT2D eigenvalue weighted by Crippen LogP contribution is 2.07. The molecule has 0 rings (SSSR count). The van der Waals surface area contributed by atoms with Crippen molar-refractivity contribution in [3.63, 3.8) is 0 Å². The number of rotatable bonds is 4. The molecule has 0 saturated carbocycles. The monoisotopic (exact) mass is 169 g/mol. The molecule has 1 N–H and O–H groups in total. The van der Waals surface area contributed by atoms with Crippen molar-refractivity contribution in [3.05, 3.63) is 11.8 Å². The Balaban J connectivity index is 4.01. The minimum Gasteiger partial charge on any atom is -0.330 e. The van der Waals surface area contributed by atoms with Gasteiger partial charge in [-0.3, -0.25) is 4.79 Å². The molecule has 0 aliphatic carbocycles. The number of amides is 1. The predicted octanol–water partition coefficient (Wildman–Crippen LogP) is 2.46. The lowest BCUT2D eigenvalue weighted by atomic mass is 10.0. The predicted molar refractivity (Wildman–Crippen MR) is 51.6 cm³/mol. The molecule has 12 heavy (non-hydrogen) atoms. The Morgan fingerprint density at radius 3 is 2.25 bits per heavy atom. The topological polar surface area (TPSA) is 29.1 Å². The van der Waals surface area contributed by atoms with Crippen LogP contribution < -0.4 is 5.32 Å². The average Bonchev–Trinajstić information content (AvgIpc) is 2.06. The van der Waals surface area contributed by atoms with Crippen LogP contribution in [0, 0.1) is 5.92 Å². The van der Waals surface area contributed by atoms with Crippen LogP contribution in [0.25, 0.3) is 0 Å². The highest BCUT2D eigenvalue weighted by molar-refractivity contribution is 5.80. The maximum absolute atomic E-state index is 11.4. The van der Waals surface area contributed by atoms with Gasteiger partial charge in [-0.05, 0) is 26.7 Å². The fourth-order valence-electron chi connectivity index (χ4n) is 1.03. The maximum atomic E-state index is 11.4. The van der Waals surface area contributed by atoms with E-state index in [1.54, 1.807) is 0 Å². The van der Waals surface area contributed by atoms with Crippen LogP contribution in [0.1, 0.15) is 40.5 Å². The molecule has 0 fully saturated rings. The standard InChI is InChI=1S/C10H19NO/c1-5-8(4)11-10(12)9(6-2)7-3/h5,9H,6-7H2,1-4H3,(H,11,12). The molecule has 0 bridgehead atoms. The number of hydrogen-bond acceptors (Lipinski definition) is 1. The van der Waals surface area contributed by atoms with Crippen LogP contribution in [-0.4, -0.2) is 5.91 Å². The number of allylic oxidation sites excluding steroid dienone is 2. The summed E-state index contributed by atoms with van der Waals surface area (Å²) in [4.78, 5) is 11.4. The molecule has 0 aliphatic rings. The third-order valence-electron chi connectivity index (χ3n) is 2.11. The summed E-state index contributed by atoms with van der Waals surface area (Å²) in [6.45, 7) is 7.90. The van der Waals surface area contributed by atoms with Gasteiger partial charge in [-0.1, -0.05) is 19.9 Å². The zero-order valence-electron chi connectivity index (χ0n) is 8.48. The Morgan fingerprint density at radius 1 is 1.42 bits per heavy atom. The maximum Gasteiger partial charge on any atom is 0.227 e. The quantitative estimate of drug-likeness (QED) is 0.688. The SMILES string of the molecule is CC=C(C)NC(=O)C(CC)CC. The smallest absolute Gasteiger partial charge is 0.227 e. The molecule has 0 aromatic rings. The minimum atomic E-state index is 0.149. The Morgan fingerprint density at radius 2 is 1.92 bits per heavy atom. The van der Waals surface area contributed by atoms with E-state index in [4.69, 9.17) is 0 Å².